The predicted octanol–water partition coefficient (Wildman–Crippen LogP) is 2.25. The van der Waals surface area contributed by atoms with Gasteiger partial charge in [0.2, 0.25) is 0 Å². The molecule has 0 atom stereocenters. The first-order valence-electron chi connectivity index (χ1n) is 5.49. The molecule has 0 aliphatic carbocycles. The van der Waals surface area contributed by atoms with Crippen molar-refractivity contribution in [3.63, 3.8) is 0 Å². The molecule has 0 aliphatic heterocycles. The summed E-state index contributed by atoms with van der Waals surface area (Å²) in [6.07, 6.45) is 0. The molecule has 0 radical (unpaired) electrons. The zero-order valence-corrected chi connectivity index (χ0v) is 10.1. The van der Waals surface area contributed by atoms with Crippen molar-refractivity contribution in [3.8, 4) is 5.75 Å². The Balaban J connectivity index is 2.86. The number of ketones is 1. The minimum absolute atomic E-state index is 0.0676. The molecule has 1 rings (SSSR count). The van der Waals surface area contributed by atoms with E-state index in [0.29, 0.717) is 18.7 Å². The summed E-state index contributed by atoms with van der Waals surface area (Å²) < 4.78 is 5.32. The Bertz CT molecular complexity index is 355. The highest BCUT2D eigenvalue weighted by Gasteiger charge is 2.26. The molecule has 0 fully saturated rings. The van der Waals surface area contributed by atoms with Crippen LogP contribution in [0.2, 0.25) is 0 Å². The van der Waals surface area contributed by atoms with Gasteiger partial charge in [-0.3, -0.25) is 4.79 Å². The molecule has 0 saturated heterocycles. The second-order valence-electron chi connectivity index (χ2n) is 4.37. The Morgan fingerprint density at radius 2 is 1.88 bits per heavy atom. The van der Waals surface area contributed by atoms with E-state index in [0.717, 1.165) is 5.75 Å². The second-order valence-corrected chi connectivity index (χ2v) is 4.37. The maximum atomic E-state index is 12.0. The largest absolute Gasteiger partial charge is 0.494 e. The second kappa shape index (κ2) is 5.12. The molecule has 1 aromatic rings. The predicted molar refractivity (Wildman–Crippen MR) is 64.8 cm³/mol. The van der Waals surface area contributed by atoms with E-state index in [1.165, 1.54) is 0 Å². The van der Waals surface area contributed by atoms with Crippen molar-refractivity contribution < 1.29 is 9.53 Å². The fraction of sp³-hybridized carbons (Fsp3) is 0.462. The summed E-state index contributed by atoms with van der Waals surface area (Å²) in [5.74, 6) is 0.850. The zero-order chi connectivity index (χ0) is 12.2. The molecule has 16 heavy (non-hydrogen) atoms. The van der Waals surface area contributed by atoms with Gasteiger partial charge in [0.15, 0.2) is 5.78 Å². The molecule has 0 aromatic heterocycles. The van der Waals surface area contributed by atoms with Gasteiger partial charge in [-0.15, -0.1) is 0 Å². The molecule has 0 amide bonds. The first-order valence-corrected chi connectivity index (χ1v) is 5.49. The average Bonchev–Trinajstić information content (AvgIpc) is 2.29. The van der Waals surface area contributed by atoms with Crippen LogP contribution in [0.4, 0.5) is 0 Å². The highest BCUT2D eigenvalue weighted by atomic mass is 16.5. The summed E-state index contributed by atoms with van der Waals surface area (Å²) in [6, 6.07) is 7.18. The quantitative estimate of drug-likeness (QED) is 0.776. The van der Waals surface area contributed by atoms with Crippen LogP contribution < -0.4 is 10.5 Å². The summed E-state index contributed by atoms with van der Waals surface area (Å²) in [5, 5.41) is 0. The third-order valence-corrected chi connectivity index (χ3v) is 2.55. The number of hydrogen-bond donors (Lipinski definition) is 1. The van der Waals surface area contributed by atoms with E-state index >= 15 is 0 Å². The number of rotatable bonds is 5. The van der Waals surface area contributed by atoms with Crippen LogP contribution in [-0.2, 0) is 0 Å². The van der Waals surface area contributed by atoms with Crippen molar-refractivity contribution in [2.45, 2.75) is 20.8 Å². The lowest BCUT2D eigenvalue weighted by Crippen LogP contribution is -2.32. The van der Waals surface area contributed by atoms with E-state index in [9.17, 15) is 4.79 Å². The van der Waals surface area contributed by atoms with Gasteiger partial charge in [0, 0.05) is 17.5 Å². The molecule has 3 heteroatoms. The third-order valence-electron chi connectivity index (χ3n) is 2.55. The molecule has 0 unspecified atom stereocenters. The summed E-state index contributed by atoms with van der Waals surface area (Å²) in [4.78, 5) is 12.0. The maximum absolute atomic E-state index is 12.0. The van der Waals surface area contributed by atoms with Gasteiger partial charge in [-0.2, -0.15) is 0 Å². The molecule has 0 heterocycles. The third kappa shape index (κ3) is 2.83. The van der Waals surface area contributed by atoms with Gasteiger partial charge < -0.3 is 10.5 Å². The molecule has 3 nitrogen and oxygen atoms in total. The Kier molecular flexibility index (Phi) is 4.07. The molecule has 0 aliphatic rings. The van der Waals surface area contributed by atoms with Crippen LogP contribution in [0.5, 0.6) is 5.75 Å². The van der Waals surface area contributed by atoms with E-state index in [1.54, 1.807) is 12.1 Å². The molecular weight excluding hydrogens is 202 g/mol. The van der Waals surface area contributed by atoms with Crippen LogP contribution in [0.1, 0.15) is 31.1 Å². The van der Waals surface area contributed by atoms with Crippen LogP contribution in [0.15, 0.2) is 24.3 Å². The van der Waals surface area contributed by atoms with Crippen molar-refractivity contribution in [1.82, 2.24) is 0 Å². The summed E-state index contributed by atoms with van der Waals surface area (Å²) in [6.45, 7) is 6.61. The van der Waals surface area contributed by atoms with Gasteiger partial charge in [-0.25, -0.2) is 0 Å². The summed E-state index contributed by atoms with van der Waals surface area (Å²) in [5.41, 5.74) is 5.75. The normalized spacial score (nSPS) is 11.2. The molecule has 88 valence electrons. The van der Waals surface area contributed by atoms with E-state index in [4.69, 9.17) is 10.5 Å². The molecule has 1 aromatic carbocycles. The average molecular weight is 221 g/mol. The van der Waals surface area contributed by atoms with Crippen LogP contribution >= 0.6 is 0 Å². The first kappa shape index (κ1) is 12.7. The van der Waals surface area contributed by atoms with E-state index in [2.05, 4.69) is 0 Å². The number of ether oxygens (including phenoxy) is 1. The Morgan fingerprint density at radius 3 is 2.31 bits per heavy atom. The number of Topliss-reactive ketones (excluding diaryl/α,β-unsaturated/α-hetero) is 1. The van der Waals surface area contributed by atoms with Crippen molar-refractivity contribution in [3.05, 3.63) is 29.8 Å². The molecule has 0 bridgehead atoms. The van der Waals surface area contributed by atoms with Crippen molar-refractivity contribution in [1.29, 1.82) is 0 Å². The van der Waals surface area contributed by atoms with Gasteiger partial charge in [-0.1, -0.05) is 13.8 Å². The smallest absolute Gasteiger partial charge is 0.169 e. The fourth-order valence-electron chi connectivity index (χ4n) is 1.35. The van der Waals surface area contributed by atoms with E-state index < -0.39 is 5.41 Å². The standard InChI is InChI=1S/C13H19NO2/c1-4-16-11-7-5-10(6-8-11)12(15)13(2,3)9-14/h5-8H,4,9,14H2,1-3H3. The van der Waals surface area contributed by atoms with Gasteiger partial charge in [0.1, 0.15) is 5.75 Å². The summed E-state index contributed by atoms with van der Waals surface area (Å²) in [7, 11) is 0. The van der Waals surface area contributed by atoms with E-state index in [1.807, 2.05) is 32.9 Å². The number of carbonyl (C=O) groups excluding carboxylic acids is 1. The Hall–Kier alpha value is -1.35. The lowest BCUT2D eigenvalue weighted by molar-refractivity contribution is 0.0847. The van der Waals surface area contributed by atoms with Gasteiger partial charge >= 0.3 is 0 Å². The van der Waals surface area contributed by atoms with Gasteiger partial charge in [0.05, 0.1) is 6.61 Å². The van der Waals surface area contributed by atoms with Crippen molar-refractivity contribution >= 4 is 5.78 Å². The number of hydrogen-bond acceptors (Lipinski definition) is 3. The first-order chi connectivity index (χ1) is 7.51. The highest BCUT2D eigenvalue weighted by Crippen LogP contribution is 2.22. The minimum atomic E-state index is -0.507. The minimum Gasteiger partial charge on any atom is -0.494 e. The van der Waals surface area contributed by atoms with Crippen LogP contribution in [0.3, 0.4) is 0 Å². The van der Waals surface area contributed by atoms with Crippen molar-refractivity contribution in [2.75, 3.05) is 13.2 Å². The summed E-state index contributed by atoms with van der Waals surface area (Å²) >= 11 is 0. The topological polar surface area (TPSA) is 52.3 Å². The maximum Gasteiger partial charge on any atom is 0.169 e. The Labute approximate surface area is 96.6 Å². The molecule has 2 N–H and O–H groups in total. The monoisotopic (exact) mass is 221 g/mol. The molecular formula is C13H19NO2. The lowest BCUT2D eigenvalue weighted by atomic mass is 9.84. The van der Waals surface area contributed by atoms with Crippen LogP contribution in [0.25, 0.3) is 0 Å². The number of nitrogens with two attached hydrogens (primary N) is 1. The van der Waals surface area contributed by atoms with Crippen LogP contribution in [0, 0.1) is 5.41 Å². The van der Waals surface area contributed by atoms with Crippen LogP contribution in [-0.4, -0.2) is 18.9 Å². The zero-order valence-electron chi connectivity index (χ0n) is 10.1. The van der Waals surface area contributed by atoms with Gasteiger partial charge in [0.25, 0.3) is 0 Å². The lowest BCUT2D eigenvalue weighted by Gasteiger charge is -2.20. The Morgan fingerprint density at radius 1 is 1.31 bits per heavy atom. The van der Waals surface area contributed by atoms with Gasteiger partial charge in [-0.05, 0) is 31.2 Å². The number of carbonyl (C=O) groups is 1. The van der Waals surface area contributed by atoms with Crippen molar-refractivity contribution in [2.24, 2.45) is 11.1 Å². The highest BCUT2D eigenvalue weighted by molar-refractivity contribution is 6.00. The SMILES string of the molecule is CCOc1ccc(C(=O)C(C)(C)CN)cc1. The van der Waals surface area contributed by atoms with E-state index in [-0.39, 0.29) is 5.78 Å². The molecule has 0 saturated carbocycles. The number of benzene rings is 1. The molecule has 0 spiro atoms. The fourth-order valence-corrected chi connectivity index (χ4v) is 1.35.